The van der Waals surface area contributed by atoms with Crippen molar-refractivity contribution in [3.05, 3.63) is 93.2 Å². The Balaban J connectivity index is 1.24. The van der Waals surface area contributed by atoms with Crippen molar-refractivity contribution in [1.29, 1.82) is 0 Å². The fraction of sp³-hybridized carbons (Fsp3) is 0.353. The topological polar surface area (TPSA) is 115 Å². The summed E-state index contributed by atoms with van der Waals surface area (Å²) in [6, 6.07) is 15.0. The summed E-state index contributed by atoms with van der Waals surface area (Å²) in [6.07, 6.45) is 7.25. The van der Waals surface area contributed by atoms with Gasteiger partial charge < -0.3 is 19.1 Å². The molecule has 2 aromatic carbocycles. The highest BCUT2D eigenvalue weighted by molar-refractivity contribution is 7.13. The number of para-hydroxylation sites is 1. The number of aromatic nitrogens is 5. The minimum atomic E-state index is -0.236. The molecule has 3 aromatic heterocycles. The number of amides is 2. The summed E-state index contributed by atoms with van der Waals surface area (Å²) in [5.74, 6) is 1.32. The number of ether oxygens (including phenoxy) is 1. The van der Waals surface area contributed by atoms with Crippen LogP contribution in [0.25, 0.3) is 22.3 Å². The third kappa shape index (κ3) is 7.02. The van der Waals surface area contributed by atoms with E-state index in [0.29, 0.717) is 80.1 Å². The Bertz CT molecular complexity index is 1910. The number of imidazole rings is 1. The highest BCUT2D eigenvalue weighted by Gasteiger charge is 2.22. The third-order valence-electron chi connectivity index (χ3n) is 8.15. The van der Waals surface area contributed by atoms with E-state index in [1.807, 2.05) is 60.2 Å². The average molecular weight is 640 g/mol. The second-order valence-corrected chi connectivity index (χ2v) is 12.6. The van der Waals surface area contributed by atoms with E-state index in [9.17, 15) is 14.4 Å². The number of carbonyl (C=O) groups excluding carboxylic acids is 2. The Hall–Kier alpha value is -4.84. The van der Waals surface area contributed by atoms with Gasteiger partial charge in [0.1, 0.15) is 29.6 Å². The van der Waals surface area contributed by atoms with E-state index in [2.05, 4.69) is 19.5 Å². The maximum atomic E-state index is 13.7. The summed E-state index contributed by atoms with van der Waals surface area (Å²) in [7, 11) is 0. The van der Waals surface area contributed by atoms with E-state index in [4.69, 9.17) is 4.74 Å². The minimum Gasteiger partial charge on any atom is -0.492 e. The maximum absolute atomic E-state index is 13.7. The summed E-state index contributed by atoms with van der Waals surface area (Å²) in [5.41, 5.74) is 2.02. The molecular weight excluding hydrogens is 602 g/mol. The van der Waals surface area contributed by atoms with Gasteiger partial charge in [-0.2, -0.15) is 0 Å². The average Bonchev–Trinajstić information content (AvgIpc) is 3.67. The van der Waals surface area contributed by atoms with Crippen LogP contribution in [-0.4, -0.2) is 78.5 Å². The lowest BCUT2D eigenvalue weighted by Gasteiger charge is -2.25. The molecule has 5 aromatic rings. The maximum Gasteiger partial charge on any atom is 0.265 e. The third-order valence-corrected chi connectivity index (χ3v) is 9.21. The van der Waals surface area contributed by atoms with Gasteiger partial charge in [0.25, 0.3) is 11.5 Å². The molecule has 238 valence electrons. The van der Waals surface area contributed by atoms with Crippen molar-refractivity contribution in [2.45, 2.75) is 46.2 Å². The second-order valence-electron chi connectivity index (χ2n) is 11.4. The fourth-order valence-corrected chi connectivity index (χ4v) is 6.69. The summed E-state index contributed by atoms with van der Waals surface area (Å²) in [5, 5.41) is 1.34. The van der Waals surface area contributed by atoms with Crippen LogP contribution in [0.5, 0.6) is 5.75 Å². The van der Waals surface area contributed by atoms with Crippen molar-refractivity contribution in [1.82, 2.24) is 33.9 Å². The molecule has 46 heavy (non-hydrogen) atoms. The van der Waals surface area contributed by atoms with Crippen molar-refractivity contribution in [2.24, 2.45) is 0 Å². The number of nitrogens with zero attached hydrogens (tertiary/aromatic N) is 7. The molecular formula is C34H37N7O4S. The zero-order valence-electron chi connectivity index (χ0n) is 26.1. The molecule has 0 spiro atoms. The van der Waals surface area contributed by atoms with E-state index in [1.54, 1.807) is 24.4 Å². The first-order valence-corrected chi connectivity index (χ1v) is 16.4. The van der Waals surface area contributed by atoms with Crippen LogP contribution in [0.1, 0.15) is 39.6 Å². The molecule has 0 N–H and O–H groups in total. The van der Waals surface area contributed by atoms with Gasteiger partial charge in [-0.25, -0.2) is 15.0 Å². The van der Waals surface area contributed by atoms with Gasteiger partial charge in [0.15, 0.2) is 0 Å². The predicted molar refractivity (Wildman–Crippen MR) is 177 cm³/mol. The SMILES string of the molecule is Cc1nc(C)c(C(=O)N2CCCCN(C(=O)Cn3cnc4ccccc4c3=O)CCCn3ccnc3-c3cccc(c3)OCC2)s1. The summed E-state index contributed by atoms with van der Waals surface area (Å²) < 4.78 is 9.59. The lowest BCUT2D eigenvalue weighted by atomic mass is 10.2. The van der Waals surface area contributed by atoms with Gasteiger partial charge in [0.05, 0.1) is 34.5 Å². The summed E-state index contributed by atoms with van der Waals surface area (Å²) >= 11 is 1.41. The lowest BCUT2D eigenvalue weighted by molar-refractivity contribution is -0.132. The van der Waals surface area contributed by atoms with E-state index in [1.165, 1.54) is 22.2 Å². The van der Waals surface area contributed by atoms with Gasteiger partial charge in [-0.05, 0) is 57.4 Å². The van der Waals surface area contributed by atoms with Gasteiger partial charge in [-0.15, -0.1) is 11.3 Å². The molecule has 0 saturated carbocycles. The van der Waals surface area contributed by atoms with Gasteiger partial charge in [0, 0.05) is 44.1 Å². The van der Waals surface area contributed by atoms with Crippen molar-refractivity contribution >= 4 is 34.1 Å². The molecule has 0 aliphatic carbocycles. The van der Waals surface area contributed by atoms with Gasteiger partial charge in [-0.3, -0.25) is 19.0 Å². The van der Waals surface area contributed by atoms with Crippen LogP contribution >= 0.6 is 11.3 Å². The normalized spacial score (nSPS) is 14.8. The number of thiazole rings is 1. The molecule has 0 atom stereocenters. The Morgan fingerprint density at radius 3 is 2.54 bits per heavy atom. The first-order chi connectivity index (χ1) is 22.4. The fourth-order valence-electron chi connectivity index (χ4n) is 5.80. The number of rotatable bonds is 3. The molecule has 12 heteroatoms. The van der Waals surface area contributed by atoms with Crippen LogP contribution in [-0.2, 0) is 17.9 Å². The molecule has 6 rings (SSSR count). The van der Waals surface area contributed by atoms with Crippen molar-refractivity contribution < 1.29 is 14.3 Å². The van der Waals surface area contributed by atoms with Crippen LogP contribution in [0, 0.1) is 13.8 Å². The first kappa shape index (κ1) is 31.2. The highest BCUT2D eigenvalue weighted by atomic mass is 32.1. The van der Waals surface area contributed by atoms with E-state index in [-0.39, 0.29) is 23.9 Å². The van der Waals surface area contributed by atoms with Crippen molar-refractivity contribution in [3.8, 4) is 17.1 Å². The first-order valence-electron chi connectivity index (χ1n) is 15.6. The quantitative estimate of drug-likeness (QED) is 0.284. The van der Waals surface area contributed by atoms with E-state index >= 15 is 0 Å². The lowest BCUT2D eigenvalue weighted by Crippen LogP contribution is -2.39. The molecule has 11 nitrogen and oxygen atoms in total. The van der Waals surface area contributed by atoms with Gasteiger partial charge >= 0.3 is 0 Å². The molecule has 4 heterocycles. The van der Waals surface area contributed by atoms with Crippen LogP contribution in [0.3, 0.4) is 0 Å². The molecule has 1 aliphatic rings. The van der Waals surface area contributed by atoms with Crippen LogP contribution in [0.4, 0.5) is 0 Å². The number of fused-ring (bicyclic) bond motifs is 5. The zero-order valence-corrected chi connectivity index (χ0v) is 26.9. The van der Waals surface area contributed by atoms with Crippen molar-refractivity contribution in [3.63, 3.8) is 0 Å². The number of carbonyl (C=O) groups is 2. The Morgan fingerprint density at radius 1 is 0.913 bits per heavy atom. The number of hydrogen-bond acceptors (Lipinski definition) is 8. The number of aryl methyl sites for hydroxylation is 3. The van der Waals surface area contributed by atoms with E-state index in [0.717, 1.165) is 22.1 Å². The monoisotopic (exact) mass is 639 g/mol. The molecule has 0 fully saturated rings. The zero-order chi connectivity index (χ0) is 32.0. The Morgan fingerprint density at radius 2 is 1.72 bits per heavy atom. The molecule has 0 unspecified atom stereocenters. The standard InChI is InChI=1S/C34H37N7O4S/c1-24-31(46-25(2)37-24)34(44)40-15-6-5-14-38(30(42)22-41-23-36-29-12-4-3-11-28(29)33(41)43)16-8-17-39-18-13-35-32(39)26-9-7-10-27(21-26)45-20-19-40/h3-4,7,9-13,18,21,23H,5-6,8,14-17,19-20,22H2,1-2H3. The molecule has 2 amide bonds. The van der Waals surface area contributed by atoms with E-state index < -0.39 is 0 Å². The molecule has 0 radical (unpaired) electrons. The Kier molecular flexibility index (Phi) is 9.53. The predicted octanol–water partition coefficient (Wildman–Crippen LogP) is 4.57. The minimum absolute atomic E-state index is 0.0588. The van der Waals surface area contributed by atoms with Crippen molar-refractivity contribution in [2.75, 3.05) is 32.8 Å². The highest BCUT2D eigenvalue weighted by Crippen LogP contribution is 2.24. The van der Waals surface area contributed by atoms with Crippen LogP contribution < -0.4 is 10.3 Å². The number of benzene rings is 2. The largest absolute Gasteiger partial charge is 0.492 e. The van der Waals surface area contributed by atoms with Crippen LogP contribution in [0.15, 0.2) is 72.0 Å². The summed E-state index contributed by atoms with van der Waals surface area (Å²) in [6.45, 7) is 6.62. The number of hydrogen-bond donors (Lipinski definition) is 0. The molecule has 2 bridgehead atoms. The van der Waals surface area contributed by atoms with Gasteiger partial charge in [0.2, 0.25) is 5.91 Å². The molecule has 1 aliphatic heterocycles. The van der Waals surface area contributed by atoms with Crippen LogP contribution in [0.2, 0.25) is 0 Å². The van der Waals surface area contributed by atoms with Gasteiger partial charge in [-0.1, -0.05) is 24.3 Å². The Labute approximate surface area is 271 Å². The smallest absolute Gasteiger partial charge is 0.265 e. The second kappa shape index (κ2) is 14.1. The molecule has 0 saturated heterocycles. The summed E-state index contributed by atoms with van der Waals surface area (Å²) in [4.78, 5) is 58.2.